The highest BCUT2D eigenvalue weighted by atomic mass is 31.2. The van der Waals surface area contributed by atoms with Gasteiger partial charge in [-0.05, 0) is 77.0 Å². The minimum absolute atomic E-state index is 0.140. The van der Waals surface area contributed by atoms with Crippen molar-refractivity contribution >= 4 is 25.7 Å². The Kier molecular flexibility index (Phi) is 35.2. The van der Waals surface area contributed by atoms with Crippen molar-refractivity contribution in [1.29, 1.82) is 0 Å². The second-order valence-electron chi connectivity index (χ2n) is 13.4. The van der Waals surface area contributed by atoms with Gasteiger partial charge in [-0.25, -0.2) is 4.57 Å². The van der Waals surface area contributed by atoms with Gasteiger partial charge in [0, 0.05) is 12.8 Å². The summed E-state index contributed by atoms with van der Waals surface area (Å²) in [5.41, 5.74) is 5.32. The highest BCUT2D eigenvalue weighted by Gasteiger charge is 2.28. The van der Waals surface area contributed by atoms with Crippen LogP contribution in [0.2, 0.25) is 0 Å². The number of phosphoric ester groups is 1. The minimum atomic E-state index is -4.72. The zero-order chi connectivity index (χ0) is 40.0. The van der Waals surface area contributed by atoms with Gasteiger partial charge in [0.2, 0.25) is 0 Å². The molecule has 12 heteroatoms. The molecule has 0 bridgehead atoms. The number of carboxylic acids is 1. The summed E-state index contributed by atoms with van der Waals surface area (Å²) < 4.78 is 32.5. The molecule has 0 aliphatic heterocycles. The minimum Gasteiger partial charge on any atom is -0.480 e. The number of aliphatic carboxylic acids is 1. The average Bonchev–Trinajstić information content (AvgIpc) is 3.14. The second kappa shape index (κ2) is 37.1. The van der Waals surface area contributed by atoms with Gasteiger partial charge in [0.05, 0.1) is 13.2 Å². The third-order valence-electron chi connectivity index (χ3n) is 8.24. The summed E-state index contributed by atoms with van der Waals surface area (Å²) in [7, 11) is -4.72. The summed E-state index contributed by atoms with van der Waals surface area (Å²) in [6.07, 6.45) is 41.5. The summed E-state index contributed by atoms with van der Waals surface area (Å²) in [6, 6.07) is -1.53. The molecule has 0 saturated heterocycles. The molecule has 3 atom stereocenters. The van der Waals surface area contributed by atoms with Crippen molar-refractivity contribution in [3.8, 4) is 0 Å². The average molecular weight is 782 g/mol. The number of carboxylic acid groups (broad SMARTS) is 1. The molecule has 0 aliphatic rings. The number of nitrogens with two attached hydrogens (primary N) is 1. The van der Waals surface area contributed by atoms with Gasteiger partial charge < -0.3 is 25.2 Å². The Hall–Kier alpha value is -2.82. The van der Waals surface area contributed by atoms with Crippen molar-refractivity contribution in [3.63, 3.8) is 0 Å². The first kappa shape index (κ1) is 51.2. The molecular formula is C42H72NO10P. The zero-order valence-electron chi connectivity index (χ0n) is 33.3. The number of carbonyl (C=O) groups excluding carboxylic acids is 2. The molecule has 4 N–H and O–H groups in total. The van der Waals surface area contributed by atoms with Gasteiger partial charge in [0.25, 0.3) is 0 Å². The fourth-order valence-electron chi connectivity index (χ4n) is 4.97. The Labute approximate surface area is 326 Å². The van der Waals surface area contributed by atoms with Crippen LogP contribution in [0.25, 0.3) is 0 Å². The number of hydrogen-bond donors (Lipinski definition) is 3. The first-order chi connectivity index (χ1) is 26.1. The van der Waals surface area contributed by atoms with Gasteiger partial charge >= 0.3 is 25.7 Å². The fourth-order valence-corrected chi connectivity index (χ4v) is 5.75. The van der Waals surface area contributed by atoms with E-state index in [-0.39, 0.29) is 19.4 Å². The quantitative estimate of drug-likeness (QED) is 0.0237. The number of allylic oxidation sites excluding steroid dienone is 10. The Morgan fingerprint density at radius 2 is 1.00 bits per heavy atom. The van der Waals surface area contributed by atoms with E-state index in [2.05, 4.69) is 79.1 Å². The van der Waals surface area contributed by atoms with E-state index in [0.717, 1.165) is 77.0 Å². The van der Waals surface area contributed by atoms with Gasteiger partial charge in [0.1, 0.15) is 12.6 Å². The molecule has 0 saturated carbocycles. The third kappa shape index (κ3) is 36.2. The van der Waals surface area contributed by atoms with E-state index in [9.17, 15) is 23.8 Å². The Balaban J connectivity index is 4.45. The standard InChI is InChI=1S/C42H72NO10P/c1-3-5-7-9-11-13-15-16-17-18-19-20-21-22-24-25-27-29-31-33-40(44)50-35-38(36-51-54(48,49)52-37-39(43)42(46)47)53-41(45)34-32-30-28-26-23-14-12-10-8-6-4-2/h10-13,16-17,19-20,22,24,38-39H,3-9,14-15,18,21,23,25-37,43H2,1-2H3,(H,46,47)(H,48,49)/b12-10-,13-11-,17-16-,20-19-,24-22-/t38-,39+/m1/s1. The lowest BCUT2D eigenvalue weighted by atomic mass is 10.1. The first-order valence-electron chi connectivity index (χ1n) is 20.3. The molecule has 0 rings (SSSR count). The van der Waals surface area contributed by atoms with Gasteiger partial charge in [-0.1, -0.05) is 126 Å². The molecule has 0 amide bonds. The molecule has 1 unspecified atom stereocenters. The van der Waals surface area contributed by atoms with E-state index in [1.54, 1.807) is 0 Å². The van der Waals surface area contributed by atoms with Gasteiger partial charge in [-0.3, -0.25) is 23.4 Å². The molecular weight excluding hydrogens is 709 g/mol. The number of carbonyl (C=O) groups is 3. The van der Waals surface area contributed by atoms with Crippen LogP contribution in [0, 0.1) is 0 Å². The van der Waals surface area contributed by atoms with Crippen LogP contribution < -0.4 is 5.73 Å². The summed E-state index contributed by atoms with van der Waals surface area (Å²) in [5, 5.41) is 8.86. The number of esters is 2. The van der Waals surface area contributed by atoms with Crippen molar-refractivity contribution in [2.45, 2.75) is 167 Å². The highest BCUT2D eigenvalue weighted by molar-refractivity contribution is 7.47. The van der Waals surface area contributed by atoms with E-state index in [0.29, 0.717) is 12.8 Å². The van der Waals surface area contributed by atoms with Crippen LogP contribution >= 0.6 is 7.82 Å². The van der Waals surface area contributed by atoms with E-state index in [1.807, 2.05) is 0 Å². The van der Waals surface area contributed by atoms with Gasteiger partial charge in [-0.2, -0.15) is 0 Å². The number of hydrogen-bond acceptors (Lipinski definition) is 9. The number of phosphoric acid groups is 1. The second-order valence-corrected chi connectivity index (χ2v) is 14.9. The van der Waals surface area contributed by atoms with Crippen molar-refractivity contribution < 1.29 is 47.5 Å². The maximum atomic E-state index is 12.5. The van der Waals surface area contributed by atoms with Crippen molar-refractivity contribution in [1.82, 2.24) is 0 Å². The summed E-state index contributed by atoms with van der Waals surface area (Å²) in [5.74, 6) is -2.44. The van der Waals surface area contributed by atoms with Crippen molar-refractivity contribution in [3.05, 3.63) is 60.8 Å². The third-order valence-corrected chi connectivity index (χ3v) is 9.19. The summed E-state index contributed by atoms with van der Waals surface area (Å²) in [6.45, 7) is 2.67. The van der Waals surface area contributed by atoms with Crippen molar-refractivity contribution in [2.24, 2.45) is 5.73 Å². The van der Waals surface area contributed by atoms with Crippen LogP contribution in [0.4, 0.5) is 0 Å². The molecule has 0 aromatic heterocycles. The molecule has 0 aliphatic carbocycles. The van der Waals surface area contributed by atoms with Crippen LogP contribution in [0.1, 0.15) is 155 Å². The SMILES string of the molecule is CCCC/C=C\CCCCCCCC(=O)O[C@H](COC(=O)CCCCC/C=C\C/C=C\C/C=C\C/C=C\CCCCC)COP(=O)(O)OC[C@H](N)C(=O)O. The maximum Gasteiger partial charge on any atom is 0.472 e. The number of rotatable bonds is 37. The predicted molar refractivity (Wildman–Crippen MR) is 217 cm³/mol. The van der Waals surface area contributed by atoms with Crippen molar-refractivity contribution in [2.75, 3.05) is 19.8 Å². The highest BCUT2D eigenvalue weighted by Crippen LogP contribution is 2.43. The maximum absolute atomic E-state index is 12.5. The molecule has 0 radical (unpaired) electrons. The molecule has 0 aromatic rings. The van der Waals surface area contributed by atoms with E-state index in [1.165, 1.54) is 38.5 Å². The lowest BCUT2D eigenvalue weighted by Gasteiger charge is -2.20. The Morgan fingerprint density at radius 3 is 1.56 bits per heavy atom. The van der Waals surface area contributed by atoms with Crippen LogP contribution in [0.5, 0.6) is 0 Å². The smallest absolute Gasteiger partial charge is 0.472 e. The van der Waals surface area contributed by atoms with Crippen LogP contribution in [0.3, 0.4) is 0 Å². The first-order valence-corrected chi connectivity index (χ1v) is 21.8. The van der Waals surface area contributed by atoms with Crippen LogP contribution in [-0.2, 0) is 37.5 Å². The Morgan fingerprint density at radius 1 is 0.574 bits per heavy atom. The monoisotopic (exact) mass is 781 g/mol. The molecule has 0 fully saturated rings. The van der Waals surface area contributed by atoms with Gasteiger partial charge in [-0.15, -0.1) is 0 Å². The lowest BCUT2D eigenvalue weighted by molar-refractivity contribution is -0.161. The predicted octanol–water partition coefficient (Wildman–Crippen LogP) is 10.4. The summed E-state index contributed by atoms with van der Waals surface area (Å²) in [4.78, 5) is 45.8. The topological polar surface area (TPSA) is 172 Å². The molecule has 54 heavy (non-hydrogen) atoms. The lowest BCUT2D eigenvalue weighted by Crippen LogP contribution is -2.34. The molecule has 11 nitrogen and oxygen atoms in total. The zero-order valence-corrected chi connectivity index (χ0v) is 34.2. The van der Waals surface area contributed by atoms with E-state index >= 15 is 0 Å². The Bertz CT molecular complexity index is 1150. The normalized spacial score (nSPS) is 14.4. The van der Waals surface area contributed by atoms with Gasteiger partial charge in [0.15, 0.2) is 6.10 Å². The fraction of sp³-hybridized carbons (Fsp3) is 0.690. The molecule has 0 aromatic carbocycles. The van der Waals surface area contributed by atoms with E-state index < -0.39 is 51.1 Å². The molecule has 0 heterocycles. The van der Waals surface area contributed by atoms with Crippen LogP contribution in [-0.4, -0.2) is 59.9 Å². The van der Waals surface area contributed by atoms with E-state index in [4.69, 9.17) is 24.8 Å². The van der Waals surface area contributed by atoms with Crippen LogP contribution in [0.15, 0.2) is 60.8 Å². The number of ether oxygens (including phenoxy) is 2. The molecule has 0 spiro atoms. The molecule has 310 valence electrons. The number of unbranched alkanes of at least 4 members (excludes halogenated alkanes) is 13. The summed E-state index contributed by atoms with van der Waals surface area (Å²) >= 11 is 0. The largest absolute Gasteiger partial charge is 0.480 e.